The molecule has 0 fully saturated rings. The van der Waals surface area contributed by atoms with Crippen LogP contribution >= 0.6 is 11.3 Å². The third kappa shape index (κ3) is 3.02. The summed E-state index contributed by atoms with van der Waals surface area (Å²) in [6.07, 6.45) is 1.94. The SMILES string of the molecule is CCC(C)Nc1sc(C(C)=O)c(N)c1S(C)(=O)=O. The number of anilines is 2. The minimum atomic E-state index is -3.46. The van der Waals surface area contributed by atoms with Crippen molar-refractivity contribution < 1.29 is 13.2 Å². The first-order chi connectivity index (χ1) is 8.18. The molecule has 0 aliphatic rings. The Hall–Kier alpha value is -1.08. The number of nitrogens with two attached hydrogens (primary N) is 1. The molecule has 102 valence electrons. The predicted octanol–water partition coefficient (Wildman–Crippen LogP) is 2.15. The molecule has 1 rings (SSSR count). The van der Waals surface area contributed by atoms with Crippen molar-refractivity contribution in [1.82, 2.24) is 0 Å². The molecule has 0 aliphatic carbocycles. The zero-order valence-corrected chi connectivity index (χ0v) is 12.5. The van der Waals surface area contributed by atoms with Crippen LogP contribution in [0.4, 0.5) is 10.7 Å². The Morgan fingerprint density at radius 1 is 1.50 bits per heavy atom. The summed E-state index contributed by atoms with van der Waals surface area (Å²) >= 11 is 1.10. The van der Waals surface area contributed by atoms with Gasteiger partial charge in [0.05, 0.1) is 10.6 Å². The van der Waals surface area contributed by atoms with Gasteiger partial charge < -0.3 is 11.1 Å². The Morgan fingerprint density at radius 2 is 2.06 bits per heavy atom. The highest BCUT2D eigenvalue weighted by Gasteiger charge is 2.26. The molecule has 1 aromatic rings. The average Bonchev–Trinajstić information content (AvgIpc) is 2.54. The maximum atomic E-state index is 11.8. The van der Waals surface area contributed by atoms with E-state index in [4.69, 9.17) is 5.73 Å². The highest BCUT2D eigenvalue weighted by molar-refractivity contribution is 7.91. The molecule has 0 spiro atoms. The molecule has 7 heteroatoms. The second-order valence-corrected chi connectivity index (χ2v) is 7.26. The van der Waals surface area contributed by atoms with Crippen LogP contribution in [0.25, 0.3) is 0 Å². The van der Waals surface area contributed by atoms with Crippen LogP contribution in [0.1, 0.15) is 36.9 Å². The summed E-state index contributed by atoms with van der Waals surface area (Å²) in [5.41, 5.74) is 5.84. The van der Waals surface area contributed by atoms with Gasteiger partial charge in [0.25, 0.3) is 0 Å². The standard InChI is InChI=1S/C11H18N2O3S2/c1-5-6(2)13-11-10(18(4,15)16)8(12)9(17-11)7(3)14/h6,13H,5,12H2,1-4H3. The summed E-state index contributed by atoms with van der Waals surface area (Å²) < 4.78 is 23.5. The Morgan fingerprint density at radius 3 is 2.44 bits per heavy atom. The van der Waals surface area contributed by atoms with E-state index in [1.165, 1.54) is 6.92 Å². The summed E-state index contributed by atoms with van der Waals surface area (Å²) in [5, 5.41) is 3.54. The third-order valence-corrected chi connectivity index (χ3v) is 5.11. The third-order valence-electron chi connectivity index (χ3n) is 2.58. The largest absolute Gasteiger partial charge is 0.396 e. The van der Waals surface area contributed by atoms with E-state index < -0.39 is 9.84 Å². The maximum Gasteiger partial charge on any atom is 0.180 e. The van der Waals surface area contributed by atoms with E-state index in [2.05, 4.69) is 5.32 Å². The predicted molar refractivity (Wildman–Crippen MR) is 75.2 cm³/mol. The van der Waals surface area contributed by atoms with E-state index in [0.717, 1.165) is 24.0 Å². The van der Waals surface area contributed by atoms with Crippen LogP contribution in [0.3, 0.4) is 0 Å². The number of nitrogens with one attached hydrogen (secondary N) is 1. The summed E-state index contributed by atoms with van der Waals surface area (Å²) in [4.78, 5) is 11.8. The normalized spacial score (nSPS) is 13.3. The minimum Gasteiger partial charge on any atom is -0.396 e. The number of carbonyl (C=O) groups is 1. The first kappa shape index (κ1) is 15.0. The monoisotopic (exact) mass is 290 g/mol. The highest BCUT2D eigenvalue weighted by atomic mass is 32.2. The van der Waals surface area contributed by atoms with Gasteiger partial charge in [-0.3, -0.25) is 4.79 Å². The summed E-state index contributed by atoms with van der Waals surface area (Å²) in [5.74, 6) is -0.223. The Labute approximate surface area is 111 Å². The number of thiophene rings is 1. The number of hydrogen-bond donors (Lipinski definition) is 2. The second kappa shape index (κ2) is 5.27. The molecule has 0 bridgehead atoms. The van der Waals surface area contributed by atoms with Crippen LogP contribution in [0.15, 0.2) is 4.90 Å². The van der Waals surface area contributed by atoms with Crippen molar-refractivity contribution >= 4 is 37.6 Å². The molecule has 5 nitrogen and oxygen atoms in total. The van der Waals surface area contributed by atoms with Crippen LogP contribution in [0, 0.1) is 0 Å². The molecule has 0 saturated heterocycles. The molecule has 0 radical (unpaired) electrons. The Balaban J connectivity index is 3.41. The van der Waals surface area contributed by atoms with Crippen LogP contribution in [-0.4, -0.2) is 26.5 Å². The lowest BCUT2D eigenvalue weighted by Gasteiger charge is -2.12. The topological polar surface area (TPSA) is 89.3 Å². The summed E-state index contributed by atoms with van der Waals surface area (Å²) in [7, 11) is -3.46. The van der Waals surface area contributed by atoms with Gasteiger partial charge in [-0.2, -0.15) is 0 Å². The van der Waals surface area contributed by atoms with Gasteiger partial charge >= 0.3 is 0 Å². The molecule has 0 aliphatic heterocycles. The van der Waals surface area contributed by atoms with Crippen molar-refractivity contribution in [3.63, 3.8) is 0 Å². The van der Waals surface area contributed by atoms with Crippen LogP contribution in [-0.2, 0) is 9.84 Å². The lowest BCUT2D eigenvalue weighted by atomic mass is 10.2. The number of carbonyl (C=O) groups excluding carboxylic acids is 1. The van der Waals surface area contributed by atoms with Gasteiger partial charge in [-0.25, -0.2) is 8.42 Å². The second-order valence-electron chi connectivity index (χ2n) is 4.29. The summed E-state index contributed by atoms with van der Waals surface area (Å²) in [6, 6.07) is 0.114. The van der Waals surface area contributed by atoms with Gasteiger partial charge in [0.2, 0.25) is 0 Å². The minimum absolute atomic E-state index is 0.0398. The van der Waals surface area contributed by atoms with Crippen molar-refractivity contribution in [1.29, 1.82) is 0 Å². The Bertz CT molecular complexity index is 561. The van der Waals surface area contributed by atoms with Gasteiger partial charge in [0.1, 0.15) is 9.90 Å². The first-order valence-corrected chi connectivity index (χ1v) is 8.29. The van der Waals surface area contributed by atoms with Crippen LogP contribution < -0.4 is 11.1 Å². The average molecular weight is 290 g/mol. The van der Waals surface area contributed by atoms with E-state index in [-0.39, 0.29) is 22.4 Å². The lowest BCUT2D eigenvalue weighted by molar-refractivity contribution is 0.102. The van der Waals surface area contributed by atoms with E-state index in [1.54, 1.807) is 0 Å². The van der Waals surface area contributed by atoms with E-state index in [1.807, 2.05) is 13.8 Å². The molecule has 1 heterocycles. The fourth-order valence-electron chi connectivity index (χ4n) is 1.48. The van der Waals surface area contributed by atoms with E-state index in [9.17, 15) is 13.2 Å². The Kier molecular flexibility index (Phi) is 4.39. The lowest BCUT2D eigenvalue weighted by Crippen LogP contribution is -2.14. The molecule has 3 N–H and O–H groups in total. The van der Waals surface area contributed by atoms with Crippen molar-refractivity contribution in [2.75, 3.05) is 17.3 Å². The number of nitrogen functional groups attached to an aromatic ring is 1. The molecule has 1 unspecified atom stereocenters. The molecule has 0 amide bonds. The first-order valence-electron chi connectivity index (χ1n) is 5.58. The highest BCUT2D eigenvalue weighted by Crippen LogP contribution is 2.39. The zero-order valence-electron chi connectivity index (χ0n) is 10.9. The van der Waals surface area contributed by atoms with Gasteiger partial charge in [-0.1, -0.05) is 6.92 Å². The number of Topliss-reactive ketones (excluding diaryl/α,β-unsaturated/α-hetero) is 1. The quantitative estimate of drug-likeness (QED) is 0.811. The number of hydrogen-bond acceptors (Lipinski definition) is 6. The van der Waals surface area contributed by atoms with Crippen LogP contribution in [0.5, 0.6) is 0 Å². The van der Waals surface area contributed by atoms with Crippen molar-refractivity contribution in [3.8, 4) is 0 Å². The molecule has 18 heavy (non-hydrogen) atoms. The number of sulfone groups is 1. The van der Waals surface area contributed by atoms with Crippen molar-refractivity contribution in [2.45, 2.75) is 38.1 Å². The van der Waals surface area contributed by atoms with E-state index in [0.29, 0.717) is 9.88 Å². The smallest absolute Gasteiger partial charge is 0.180 e. The molecule has 1 atom stereocenters. The molecular formula is C11H18N2O3S2. The molecular weight excluding hydrogens is 272 g/mol. The van der Waals surface area contributed by atoms with Crippen molar-refractivity contribution in [2.24, 2.45) is 0 Å². The number of ketones is 1. The fourth-order valence-corrected chi connectivity index (χ4v) is 4.04. The van der Waals surface area contributed by atoms with Gasteiger partial charge in [0, 0.05) is 19.2 Å². The van der Waals surface area contributed by atoms with Gasteiger partial charge in [-0.15, -0.1) is 11.3 Å². The zero-order chi connectivity index (χ0) is 14.1. The maximum absolute atomic E-state index is 11.8. The molecule has 0 saturated carbocycles. The summed E-state index contributed by atoms with van der Waals surface area (Å²) in [6.45, 7) is 5.30. The molecule has 1 aromatic heterocycles. The van der Waals surface area contributed by atoms with Gasteiger partial charge in [0.15, 0.2) is 15.6 Å². The van der Waals surface area contributed by atoms with Gasteiger partial charge in [-0.05, 0) is 13.3 Å². The fraction of sp³-hybridized carbons (Fsp3) is 0.545. The number of rotatable bonds is 5. The van der Waals surface area contributed by atoms with Crippen LogP contribution in [0.2, 0.25) is 0 Å². The molecule has 0 aromatic carbocycles. The van der Waals surface area contributed by atoms with E-state index >= 15 is 0 Å². The van der Waals surface area contributed by atoms with Crippen molar-refractivity contribution in [3.05, 3.63) is 4.88 Å².